The molecule has 5 heteroatoms. The fraction of sp³-hybridized carbons (Fsp3) is 0.810. The van der Waals surface area contributed by atoms with Gasteiger partial charge in [-0.1, -0.05) is 109 Å². The second-order valence-corrected chi connectivity index (χ2v) is 28.8. The molecule has 0 aliphatic heterocycles. The highest BCUT2D eigenvalue weighted by Crippen LogP contribution is 2.55. The van der Waals surface area contributed by atoms with Gasteiger partial charge in [0.2, 0.25) is 0 Å². The van der Waals surface area contributed by atoms with E-state index in [1.807, 2.05) is 0 Å². The van der Waals surface area contributed by atoms with Crippen molar-refractivity contribution in [1.29, 1.82) is 0 Å². The summed E-state index contributed by atoms with van der Waals surface area (Å²) in [5, 5.41) is 11.3. The molecule has 266 valence electrons. The van der Waals surface area contributed by atoms with Crippen molar-refractivity contribution in [3.63, 3.8) is 0 Å². The Balaban J connectivity index is 1.54. The third-order valence-corrected chi connectivity index (χ3v) is 22.4. The molecule has 4 aliphatic carbocycles. The van der Waals surface area contributed by atoms with Gasteiger partial charge in [-0.2, -0.15) is 0 Å². The molecule has 5 atom stereocenters. The summed E-state index contributed by atoms with van der Waals surface area (Å²) in [6.07, 6.45) is 23.3. The lowest BCUT2D eigenvalue weighted by Crippen LogP contribution is -2.48. The van der Waals surface area contributed by atoms with E-state index in [0.29, 0.717) is 11.8 Å². The van der Waals surface area contributed by atoms with Crippen LogP contribution in [0.3, 0.4) is 0 Å². The smallest absolute Gasteiger partial charge is 0.192 e. The lowest BCUT2D eigenvalue weighted by atomic mass is 9.55. The van der Waals surface area contributed by atoms with Crippen LogP contribution >= 0.6 is 0 Å². The highest BCUT2D eigenvalue weighted by molar-refractivity contribution is 6.74. The van der Waals surface area contributed by atoms with Crippen LogP contribution in [-0.4, -0.2) is 39.6 Å². The predicted molar refractivity (Wildman–Crippen MR) is 207 cm³/mol. The molecule has 3 nitrogen and oxygen atoms in total. The van der Waals surface area contributed by atoms with Gasteiger partial charge in [-0.15, -0.1) is 0 Å². The van der Waals surface area contributed by atoms with Gasteiger partial charge in [0.05, 0.1) is 12.2 Å². The van der Waals surface area contributed by atoms with Gasteiger partial charge in [-0.3, -0.25) is 0 Å². The topological polar surface area (TPSA) is 38.7 Å². The monoisotopic (exact) mass is 681 g/mol. The fourth-order valence-electron chi connectivity index (χ4n) is 8.46. The molecule has 0 aromatic rings. The van der Waals surface area contributed by atoms with E-state index in [1.165, 1.54) is 37.7 Å². The van der Waals surface area contributed by atoms with E-state index in [-0.39, 0.29) is 27.7 Å². The van der Waals surface area contributed by atoms with E-state index in [2.05, 4.69) is 112 Å². The minimum Gasteiger partial charge on any atom is -0.414 e. The molecular formula is C42H72O3Si2. The Morgan fingerprint density at radius 1 is 0.894 bits per heavy atom. The van der Waals surface area contributed by atoms with Gasteiger partial charge in [0.1, 0.15) is 5.60 Å². The minimum atomic E-state index is -1.89. The standard InChI is InChI=1S/C42H72O3Si2/c1-32(19-17-28-42(43)26-14-13-15-27-42)37-21-16-22-38-34(20-18-25-41(37,38)8)24-23-33-29-35(44-46(9,10)39(2,3)4)31-36(30-33)45-47(11,12)40(5,6)7/h21,23-24,32,35-36,38,43H,13-16,18-20,22,25-27,29-31H2,1-12H3/b34-24+/t32?,35-,36-,38+,41-/m1/s1. The summed E-state index contributed by atoms with van der Waals surface area (Å²) >= 11 is 0. The van der Waals surface area contributed by atoms with Crippen molar-refractivity contribution < 1.29 is 14.0 Å². The zero-order valence-corrected chi connectivity index (χ0v) is 34.7. The average molecular weight is 681 g/mol. The van der Waals surface area contributed by atoms with Crippen LogP contribution in [0.5, 0.6) is 0 Å². The molecule has 3 saturated carbocycles. The van der Waals surface area contributed by atoms with Crippen LogP contribution in [0.4, 0.5) is 0 Å². The maximum Gasteiger partial charge on any atom is 0.192 e. The quantitative estimate of drug-likeness (QED) is 0.165. The first-order valence-corrected chi connectivity index (χ1v) is 25.1. The lowest BCUT2D eigenvalue weighted by molar-refractivity contribution is 0.0608. The van der Waals surface area contributed by atoms with Crippen LogP contribution in [-0.2, 0) is 8.85 Å². The Labute approximate surface area is 293 Å². The van der Waals surface area contributed by atoms with E-state index >= 15 is 0 Å². The summed E-state index contributed by atoms with van der Waals surface area (Å²) in [6.45, 7) is 28.7. The van der Waals surface area contributed by atoms with E-state index < -0.39 is 22.2 Å². The number of allylic oxidation sites excluding steroid dienone is 5. The number of hydrogen-bond donors (Lipinski definition) is 1. The molecule has 0 bridgehead atoms. The molecule has 0 amide bonds. The Morgan fingerprint density at radius 3 is 2.02 bits per heavy atom. The fourth-order valence-corrected chi connectivity index (χ4v) is 11.2. The second-order valence-electron chi connectivity index (χ2n) is 19.3. The van der Waals surface area contributed by atoms with Gasteiger partial charge < -0.3 is 14.0 Å². The van der Waals surface area contributed by atoms with Gasteiger partial charge in [0.15, 0.2) is 16.6 Å². The summed E-state index contributed by atoms with van der Waals surface area (Å²) in [6, 6.07) is 0. The Morgan fingerprint density at radius 2 is 1.47 bits per heavy atom. The highest BCUT2D eigenvalue weighted by atomic mass is 28.4. The highest BCUT2D eigenvalue weighted by Gasteiger charge is 2.46. The molecule has 4 aliphatic rings. The largest absolute Gasteiger partial charge is 0.414 e. The van der Waals surface area contributed by atoms with E-state index in [0.717, 1.165) is 57.8 Å². The van der Waals surface area contributed by atoms with E-state index in [1.54, 1.807) is 11.1 Å². The SMILES string of the molecule is CC(CC#CC1(O)CCCCC1)C1=CCC[C@H]2/C(=C/C=C3C[C@@H](O[Si](C)(C)C(C)(C)C)C[C@H](O[Si](C)(C)C(C)(C)C)C3)CCC[C@]12C. The maximum atomic E-state index is 10.9. The van der Waals surface area contributed by atoms with Crippen molar-refractivity contribution in [2.45, 2.75) is 199 Å². The van der Waals surface area contributed by atoms with E-state index in [4.69, 9.17) is 8.85 Å². The Hall–Kier alpha value is -0.906. The molecule has 0 heterocycles. The molecule has 1 N–H and O–H groups in total. The van der Waals surface area contributed by atoms with Gasteiger partial charge in [-0.05, 0) is 131 Å². The van der Waals surface area contributed by atoms with Crippen molar-refractivity contribution in [3.05, 3.63) is 34.9 Å². The number of aliphatic hydroxyl groups is 1. The Bertz CT molecular complexity index is 1200. The van der Waals surface area contributed by atoms with Crippen LogP contribution < -0.4 is 0 Å². The van der Waals surface area contributed by atoms with Crippen LogP contribution in [0.25, 0.3) is 0 Å². The van der Waals surface area contributed by atoms with Crippen molar-refractivity contribution >= 4 is 16.6 Å². The summed E-state index contributed by atoms with van der Waals surface area (Å²) in [7, 11) is -3.79. The van der Waals surface area contributed by atoms with Crippen molar-refractivity contribution in [2.75, 3.05) is 0 Å². The van der Waals surface area contributed by atoms with Gasteiger partial charge >= 0.3 is 0 Å². The first kappa shape index (κ1) is 38.9. The third-order valence-electron chi connectivity index (χ3n) is 13.4. The van der Waals surface area contributed by atoms with E-state index in [9.17, 15) is 5.11 Å². The molecule has 0 spiro atoms. The zero-order chi connectivity index (χ0) is 34.9. The molecule has 0 aromatic carbocycles. The summed E-state index contributed by atoms with van der Waals surface area (Å²) < 4.78 is 14.2. The van der Waals surface area contributed by atoms with Crippen LogP contribution in [0.1, 0.15) is 145 Å². The normalized spacial score (nSPS) is 30.6. The molecule has 0 saturated heterocycles. The molecular weight excluding hydrogens is 609 g/mol. The number of fused-ring (bicyclic) bond motifs is 1. The van der Waals surface area contributed by atoms with Crippen molar-refractivity contribution in [3.8, 4) is 11.8 Å². The third kappa shape index (κ3) is 9.46. The van der Waals surface area contributed by atoms with Gasteiger partial charge in [-0.25, -0.2) is 0 Å². The molecule has 1 unspecified atom stereocenters. The molecule has 0 aromatic heterocycles. The summed E-state index contributed by atoms with van der Waals surface area (Å²) in [5.41, 5.74) is 4.25. The molecule has 4 rings (SSSR count). The maximum absolute atomic E-state index is 10.9. The van der Waals surface area contributed by atoms with Crippen molar-refractivity contribution in [1.82, 2.24) is 0 Å². The number of rotatable bonds is 7. The van der Waals surface area contributed by atoms with Crippen LogP contribution in [0.2, 0.25) is 36.3 Å². The van der Waals surface area contributed by atoms with Gasteiger partial charge in [0, 0.05) is 6.42 Å². The first-order valence-electron chi connectivity index (χ1n) is 19.3. The summed E-state index contributed by atoms with van der Waals surface area (Å²) in [5.74, 6) is 7.81. The van der Waals surface area contributed by atoms with Crippen LogP contribution in [0.15, 0.2) is 34.9 Å². The second kappa shape index (κ2) is 14.8. The predicted octanol–water partition coefficient (Wildman–Crippen LogP) is 12.1. The molecule has 3 fully saturated rings. The minimum absolute atomic E-state index is 0.197. The number of hydrogen-bond acceptors (Lipinski definition) is 3. The van der Waals surface area contributed by atoms with Crippen molar-refractivity contribution in [2.24, 2.45) is 17.3 Å². The average Bonchev–Trinajstić information content (AvgIpc) is 2.94. The molecule has 47 heavy (non-hydrogen) atoms. The van der Waals surface area contributed by atoms with Crippen LogP contribution in [0, 0.1) is 29.1 Å². The van der Waals surface area contributed by atoms with Gasteiger partial charge in [0.25, 0.3) is 0 Å². The zero-order valence-electron chi connectivity index (χ0n) is 32.7. The lowest BCUT2D eigenvalue weighted by Gasteiger charge is -2.49. The molecule has 0 radical (unpaired) electrons. The Kier molecular flexibility index (Phi) is 12.2. The summed E-state index contributed by atoms with van der Waals surface area (Å²) in [4.78, 5) is 0. The first-order chi connectivity index (χ1) is 21.7.